The number of benzene rings is 2. The van der Waals surface area contributed by atoms with Crippen LogP contribution in [0.2, 0.25) is 0 Å². The lowest BCUT2D eigenvalue weighted by Crippen LogP contribution is -2.13. The summed E-state index contributed by atoms with van der Waals surface area (Å²) in [6.45, 7) is 12.5. The lowest BCUT2D eigenvalue weighted by atomic mass is 10.1. The quantitative estimate of drug-likeness (QED) is 0.717. The first-order chi connectivity index (χ1) is 8.99. The van der Waals surface area contributed by atoms with Gasteiger partial charge in [-0.05, 0) is 63.1 Å². The van der Waals surface area contributed by atoms with E-state index in [1.165, 1.54) is 22.4 Å². The number of hydrogen-bond acceptors (Lipinski definition) is 1. The molecular formula is C18H21N. The predicted molar refractivity (Wildman–Crippen MR) is 84.0 cm³/mol. The van der Waals surface area contributed by atoms with Gasteiger partial charge >= 0.3 is 0 Å². The zero-order chi connectivity index (χ0) is 14.0. The van der Waals surface area contributed by atoms with Gasteiger partial charge in [0.1, 0.15) is 0 Å². The van der Waals surface area contributed by atoms with E-state index in [0.29, 0.717) is 0 Å². The summed E-state index contributed by atoms with van der Waals surface area (Å²) in [6.07, 6.45) is 0. The number of rotatable bonds is 3. The Morgan fingerprint density at radius 2 is 1.42 bits per heavy atom. The summed E-state index contributed by atoms with van der Waals surface area (Å²) in [5.41, 5.74) is 7.23. The van der Waals surface area contributed by atoms with Gasteiger partial charge in [0.15, 0.2) is 0 Å². The molecule has 0 unspecified atom stereocenters. The summed E-state index contributed by atoms with van der Waals surface area (Å²) in [5.74, 6) is 0. The number of allylic oxidation sites excluding steroid dienone is 1. The van der Waals surface area contributed by atoms with Crippen LogP contribution in [0.5, 0.6) is 0 Å². The summed E-state index contributed by atoms with van der Waals surface area (Å²) in [6, 6.07) is 15.1. The first-order valence-corrected chi connectivity index (χ1v) is 6.58. The van der Waals surface area contributed by atoms with Crippen LogP contribution in [0.3, 0.4) is 0 Å². The fourth-order valence-electron chi connectivity index (χ4n) is 2.15. The molecule has 1 nitrogen and oxygen atoms in total. The van der Waals surface area contributed by atoms with Crippen LogP contribution in [-0.2, 0) is 0 Å². The average Bonchev–Trinajstić information content (AvgIpc) is 2.36. The molecule has 0 atom stereocenters. The highest BCUT2D eigenvalue weighted by molar-refractivity contribution is 5.68. The van der Waals surface area contributed by atoms with E-state index in [-0.39, 0.29) is 0 Å². The third kappa shape index (κ3) is 2.87. The van der Waals surface area contributed by atoms with Gasteiger partial charge in [-0.25, -0.2) is 0 Å². The van der Waals surface area contributed by atoms with Gasteiger partial charge in [-0.2, -0.15) is 0 Å². The van der Waals surface area contributed by atoms with Crippen molar-refractivity contribution in [3.8, 4) is 0 Å². The maximum Gasteiger partial charge on any atom is 0.0460 e. The van der Waals surface area contributed by atoms with Crippen molar-refractivity contribution in [2.75, 3.05) is 4.90 Å². The van der Waals surface area contributed by atoms with E-state index in [1.807, 2.05) is 6.92 Å². The number of nitrogens with zero attached hydrogens (tertiary/aromatic N) is 1. The van der Waals surface area contributed by atoms with E-state index in [0.717, 1.165) is 11.4 Å². The summed E-state index contributed by atoms with van der Waals surface area (Å²) < 4.78 is 0. The van der Waals surface area contributed by atoms with Gasteiger partial charge in [0.25, 0.3) is 0 Å². The molecule has 0 saturated carbocycles. The van der Waals surface area contributed by atoms with Crippen LogP contribution in [0.25, 0.3) is 0 Å². The molecule has 0 amide bonds. The fraction of sp³-hybridized carbons (Fsp3) is 0.222. The Kier molecular flexibility index (Phi) is 3.75. The molecule has 1 heteroatoms. The van der Waals surface area contributed by atoms with Crippen LogP contribution in [0.15, 0.2) is 54.7 Å². The molecule has 0 aliphatic rings. The molecule has 0 heterocycles. The fourth-order valence-corrected chi connectivity index (χ4v) is 2.15. The van der Waals surface area contributed by atoms with Gasteiger partial charge in [0, 0.05) is 17.1 Å². The molecule has 2 aromatic carbocycles. The summed E-state index contributed by atoms with van der Waals surface area (Å²) in [4.78, 5) is 2.19. The molecule has 0 fully saturated rings. The minimum atomic E-state index is 1.02. The number of aryl methyl sites for hydroxylation is 3. The van der Waals surface area contributed by atoms with E-state index in [9.17, 15) is 0 Å². The molecule has 19 heavy (non-hydrogen) atoms. The first kappa shape index (κ1) is 13.4. The molecule has 2 rings (SSSR count). The van der Waals surface area contributed by atoms with Gasteiger partial charge in [-0.1, -0.05) is 30.3 Å². The minimum absolute atomic E-state index is 1.02. The molecule has 0 bridgehead atoms. The SMILES string of the molecule is C=C(C)N(c1ccc(C)cc1)c1ccc(C)c(C)c1. The van der Waals surface area contributed by atoms with Crippen molar-refractivity contribution in [2.24, 2.45) is 0 Å². The van der Waals surface area contributed by atoms with Crippen LogP contribution < -0.4 is 4.90 Å². The van der Waals surface area contributed by atoms with E-state index >= 15 is 0 Å². The highest BCUT2D eigenvalue weighted by Gasteiger charge is 2.10. The van der Waals surface area contributed by atoms with Crippen molar-refractivity contribution in [1.29, 1.82) is 0 Å². The second-order valence-electron chi connectivity index (χ2n) is 5.17. The first-order valence-electron chi connectivity index (χ1n) is 6.58. The van der Waals surface area contributed by atoms with Gasteiger partial charge in [-0.15, -0.1) is 0 Å². The highest BCUT2D eigenvalue weighted by atomic mass is 15.1. The lowest BCUT2D eigenvalue weighted by molar-refractivity contribution is 1.15. The molecule has 0 radical (unpaired) electrons. The summed E-state index contributed by atoms with van der Waals surface area (Å²) in [7, 11) is 0. The van der Waals surface area contributed by atoms with Crippen molar-refractivity contribution >= 4 is 11.4 Å². The number of anilines is 2. The van der Waals surface area contributed by atoms with E-state index in [4.69, 9.17) is 0 Å². The second-order valence-corrected chi connectivity index (χ2v) is 5.17. The van der Waals surface area contributed by atoms with Gasteiger partial charge in [-0.3, -0.25) is 0 Å². The topological polar surface area (TPSA) is 3.24 Å². The highest BCUT2D eigenvalue weighted by Crippen LogP contribution is 2.30. The molecule has 0 N–H and O–H groups in total. The van der Waals surface area contributed by atoms with Gasteiger partial charge < -0.3 is 4.90 Å². The second kappa shape index (κ2) is 5.31. The van der Waals surface area contributed by atoms with Crippen molar-refractivity contribution in [1.82, 2.24) is 0 Å². The number of hydrogen-bond donors (Lipinski definition) is 0. The molecule has 2 aromatic rings. The lowest BCUT2D eigenvalue weighted by Gasteiger charge is -2.26. The molecule has 0 aliphatic carbocycles. The Morgan fingerprint density at radius 1 is 0.842 bits per heavy atom. The van der Waals surface area contributed by atoms with Gasteiger partial charge in [0.05, 0.1) is 0 Å². The molecule has 98 valence electrons. The van der Waals surface area contributed by atoms with Gasteiger partial charge in [0.2, 0.25) is 0 Å². The minimum Gasteiger partial charge on any atom is -0.315 e. The van der Waals surface area contributed by atoms with Crippen molar-refractivity contribution in [3.63, 3.8) is 0 Å². The molecule has 0 spiro atoms. The average molecular weight is 251 g/mol. The zero-order valence-corrected chi connectivity index (χ0v) is 12.2. The third-order valence-electron chi connectivity index (χ3n) is 3.42. The predicted octanol–water partition coefficient (Wildman–Crippen LogP) is 5.28. The Hall–Kier alpha value is -2.02. The summed E-state index contributed by atoms with van der Waals surface area (Å²) in [5, 5.41) is 0. The smallest absolute Gasteiger partial charge is 0.0460 e. The van der Waals surface area contributed by atoms with Crippen LogP contribution in [-0.4, -0.2) is 0 Å². The molecule has 0 aliphatic heterocycles. The monoisotopic (exact) mass is 251 g/mol. The van der Waals surface area contributed by atoms with E-state index in [1.54, 1.807) is 0 Å². The van der Waals surface area contributed by atoms with Crippen LogP contribution in [0, 0.1) is 20.8 Å². The Morgan fingerprint density at radius 3 is 1.95 bits per heavy atom. The normalized spacial score (nSPS) is 10.3. The Balaban J connectivity index is 2.48. The van der Waals surface area contributed by atoms with Crippen molar-refractivity contribution < 1.29 is 0 Å². The maximum absolute atomic E-state index is 4.11. The van der Waals surface area contributed by atoms with Crippen molar-refractivity contribution in [3.05, 3.63) is 71.4 Å². The molecule has 0 saturated heterocycles. The van der Waals surface area contributed by atoms with E-state index in [2.05, 4.69) is 74.7 Å². The zero-order valence-electron chi connectivity index (χ0n) is 12.2. The molecule has 0 aromatic heterocycles. The standard InChI is InChI=1S/C18H21N/c1-13(2)19(17-9-6-14(3)7-10-17)18-11-8-15(4)16(5)12-18/h6-12H,1H2,2-5H3. The van der Waals surface area contributed by atoms with Crippen LogP contribution in [0.4, 0.5) is 11.4 Å². The van der Waals surface area contributed by atoms with Crippen molar-refractivity contribution in [2.45, 2.75) is 27.7 Å². The van der Waals surface area contributed by atoms with E-state index < -0.39 is 0 Å². The van der Waals surface area contributed by atoms with Crippen LogP contribution >= 0.6 is 0 Å². The Bertz CT molecular complexity index is 594. The summed E-state index contributed by atoms with van der Waals surface area (Å²) >= 11 is 0. The largest absolute Gasteiger partial charge is 0.315 e. The van der Waals surface area contributed by atoms with Crippen LogP contribution in [0.1, 0.15) is 23.6 Å². The Labute approximate surface area is 116 Å². The maximum atomic E-state index is 4.11. The molecular weight excluding hydrogens is 230 g/mol. The third-order valence-corrected chi connectivity index (χ3v) is 3.42.